The monoisotopic (exact) mass is 1260 g/mol. The zero-order chi connectivity index (χ0) is 64.8. The Morgan fingerprint density at radius 2 is 0.500 bits per heavy atom. The molecule has 16 nitrogen and oxygen atoms in total. The highest BCUT2D eigenvalue weighted by Gasteiger charge is 2.18. The molecule has 0 aliphatic carbocycles. The molecule has 0 spiro atoms. The van der Waals surface area contributed by atoms with Crippen molar-refractivity contribution >= 4 is 47.6 Å². The Bertz CT molecular complexity index is 2840. The summed E-state index contributed by atoms with van der Waals surface area (Å²) in [6.07, 6.45) is 32.8. The van der Waals surface area contributed by atoms with Gasteiger partial charge in [-0.25, -0.2) is 0 Å². The number of phenolic OH excluding ortho intramolecular Hbond substituents is 4. The Morgan fingerprint density at radius 3 is 0.717 bits per heavy atom. The third-order valence-corrected chi connectivity index (χ3v) is 15.8. The molecule has 1 aliphatic rings. The van der Waals surface area contributed by atoms with E-state index < -0.39 is 0 Å². The van der Waals surface area contributed by atoms with Crippen molar-refractivity contribution in [3.8, 4) is 69.0 Å². The molecule has 0 unspecified atom stereocenters. The molecule has 0 radical (unpaired) electrons. The number of rotatable bonds is 32. The lowest BCUT2D eigenvalue weighted by atomic mass is 10.1. The summed E-state index contributed by atoms with van der Waals surface area (Å²) in [4.78, 5) is 19.6. The van der Waals surface area contributed by atoms with Crippen LogP contribution in [0.25, 0.3) is 0 Å². The summed E-state index contributed by atoms with van der Waals surface area (Å²) in [5.41, 5.74) is 3.19. The zero-order valence-corrected chi connectivity index (χ0v) is 55.0. The number of benzene rings is 6. The van der Waals surface area contributed by atoms with E-state index in [1.54, 1.807) is 97.1 Å². The lowest BCUT2D eigenvalue weighted by Gasteiger charge is -2.16. The fourth-order valence-corrected chi connectivity index (χ4v) is 10.4. The van der Waals surface area contributed by atoms with Crippen molar-refractivity contribution in [2.75, 3.05) is 52.9 Å². The van der Waals surface area contributed by atoms with Gasteiger partial charge in [0.2, 0.25) is 0 Å². The standard InChI is InChI=1S/C76H100N4O12/c1-5-9-13-17-21-25-41-85-69-49-61-62(50-70(69)86-42-26-22-18-14-10-6-2)78-54-58-34-30-38-66(74(58)82)90-47-48-92-68-40-32-36-60(76(68)84)56-80-64-52-72(88-44-28-24-20-16-12-8-4)71(87-43-27-23-19-15-11-7-3)51-63(64)79-55-59-35-31-39-67(75(59)83)91-46-45-89-65-37-29-33-57(53-77-61)73(65)81/h29-40,49-56,81-84H,5-28,41-48H2,1-4H3. The van der Waals surface area contributed by atoms with Crippen LogP contribution in [0.3, 0.4) is 0 Å². The van der Waals surface area contributed by atoms with E-state index in [0.717, 1.165) is 77.0 Å². The van der Waals surface area contributed by atoms with Gasteiger partial charge < -0.3 is 58.3 Å². The molecule has 6 aromatic rings. The number of fused-ring (bicyclic) bond motifs is 10. The van der Waals surface area contributed by atoms with Crippen molar-refractivity contribution in [3.63, 3.8) is 0 Å². The molecule has 1 aliphatic heterocycles. The summed E-state index contributed by atoms with van der Waals surface area (Å²) < 4.78 is 50.2. The van der Waals surface area contributed by atoms with Crippen molar-refractivity contribution in [3.05, 3.63) is 119 Å². The molecule has 7 rings (SSSR count). The largest absolute Gasteiger partial charge is 0.504 e. The molecule has 0 saturated carbocycles. The summed E-state index contributed by atoms with van der Waals surface area (Å²) in [5.74, 6) is 2.36. The van der Waals surface area contributed by atoms with Crippen LogP contribution >= 0.6 is 0 Å². The molecule has 0 saturated heterocycles. The van der Waals surface area contributed by atoms with E-state index in [2.05, 4.69) is 27.7 Å². The predicted octanol–water partition coefficient (Wildman–Crippen LogP) is 19.7. The minimum Gasteiger partial charge on any atom is -0.504 e. The van der Waals surface area contributed by atoms with Crippen molar-refractivity contribution in [1.82, 2.24) is 0 Å². The van der Waals surface area contributed by atoms with Crippen molar-refractivity contribution in [2.45, 2.75) is 182 Å². The van der Waals surface area contributed by atoms with E-state index >= 15 is 0 Å². The molecule has 0 atom stereocenters. The number of nitrogens with zero attached hydrogens (tertiary/aromatic N) is 4. The van der Waals surface area contributed by atoms with Crippen LogP contribution in [0.1, 0.15) is 204 Å². The van der Waals surface area contributed by atoms with Gasteiger partial charge in [-0.1, -0.05) is 180 Å². The SMILES string of the molecule is CCCCCCCCOc1cc2c(cc1OCCCCCCCC)N=Cc1cccc(c1O)OCCOc1cccc(c1O)C=Nc1cc(OCCCCCCCC)c(OCCCCCCCC)cc1N=Cc1cccc(c1O)OCCOc1cccc(c1O)C=N2. The van der Waals surface area contributed by atoms with Crippen LogP contribution in [0.4, 0.5) is 22.7 Å². The first kappa shape index (κ1) is 71.0. The van der Waals surface area contributed by atoms with Crippen LogP contribution in [-0.4, -0.2) is 98.1 Å². The highest BCUT2D eigenvalue weighted by atomic mass is 16.5. The van der Waals surface area contributed by atoms with Crippen LogP contribution in [0.2, 0.25) is 0 Å². The van der Waals surface area contributed by atoms with Gasteiger partial charge in [0.15, 0.2) is 69.0 Å². The van der Waals surface area contributed by atoms with Gasteiger partial charge >= 0.3 is 0 Å². The minimum atomic E-state index is -0.138. The molecule has 6 aromatic carbocycles. The van der Waals surface area contributed by atoms with Crippen LogP contribution in [0.15, 0.2) is 117 Å². The summed E-state index contributed by atoms with van der Waals surface area (Å²) in [7, 11) is 0. The van der Waals surface area contributed by atoms with E-state index in [1.807, 2.05) is 0 Å². The summed E-state index contributed by atoms with van der Waals surface area (Å²) in [5, 5.41) is 46.5. The van der Waals surface area contributed by atoms with Gasteiger partial charge in [-0.15, -0.1) is 0 Å². The van der Waals surface area contributed by atoms with E-state index in [1.165, 1.54) is 102 Å². The van der Waals surface area contributed by atoms with Gasteiger partial charge in [0, 0.05) is 71.4 Å². The van der Waals surface area contributed by atoms with Crippen LogP contribution in [-0.2, 0) is 0 Å². The Morgan fingerprint density at radius 1 is 0.293 bits per heavy atom. The quantitative estimate of drug-likeness (QED) is 0.0291. The number of hydrogen-bond donors (Lipinski definition) is 4. The number of hydrogen-bond acceptors (Lipinski definition) is 16. The zero-order valence-electron chi connectivity index (χ0n) is 55.0. The molecule has 4 N–H and O–H groups in total. The fraction of sp³-hybridized carbons (Fsp3) is 0.474. The Balaban J connectivity index is 1.22. The average molecular weight is 1260 g/mol. The van der Waals surface area contributed by atoms with Crippen molar-refractivity contribution < 1.29 is 58.3 Å². The van der Waals surface area contributed by atoms with Crippen LogP contribution in [0, 0.1) is 0 Å². The maximum atomic E-state index is 11.6. The third-order valence-electron chi connectivity index (χ3n) is 15.8. The highest BCUT2D eigenvalue weighted by Crippen LogP contribution is 2.44. The van der Waals surface area contributed by atoms with Gasteiger partial charge in [0.1, 0.15) is 26.4 Å². The molecule has 8 bridgehead atoms. The predicted molar refractivity (Wildman–Crippen MR) is 372 cm³/mol. The molecule has 16 heteroatoms. The lowest BCUT2D eigenvalue weighted by molar-refractivity contribution is 0.207. The van der Waals surface area contributed by atoms with E-state index in [-0.39, 0.29) is 72.4 Å². The molecular weight excluding hydrogens is 1160 g/mol. The number of aliphatic imine (C=N–C) groups is 4. The van der Waals surface area contributed by atoms with Gasteiger partial charge in [0.25, 0.3) is 0 Å². The van der Waals surface area contributed by atoms with Gasteiger partial charge in [0.05, 0.1) is 49.2 Å². The fourth-order valence-electron chi connectivity index (χ4n) is 10.4. The number of para-hydroxylation sites is 4. The average Bonchev–Trinajstić information content (AvgIpc) is 1.03. The second kappa shape index (κ2) is 41.2. The normalized spacial score (nSPS) is 12.7. The molecule has 1 heterocycles. The molecule has 92 heavy (non-hydrogen) atoms. The van der Waals surface area contributed by atoms with Crippen LogP contribution < -0.4 is 37.9 Å². The number of ether oxygens (including phenoxy) is 8. The molecule has 0 fully saturated rings. The van der Waals surface area contributed by atoms with E-state index in [4.69, 9.17) is 57.9 Å². The van der Waals surface area contributed by atoms with Gasteiger partial charge in [-0.05, 0) is 74.2 Å². The molecule has 0 aromatic heterocycles. The Hall–Kier alpha value is -8.40. The van der Waals surface area contributed by atoms with Crippen molar-refractivity contribution in [1.29, 1.82) is 0 Å². The highest BCUT2D eigenvalue weighted by molar-refractivity contribution is 5.93. The third kappa shape index (κ3) is 23.7. The topological polar surface area (TPSA) is 204 Å². The Labute approximate surface area is 546 Å². The van der Waals surface area contributed by atoms with E-state index in [0.29, 0.717) is 94.4 Å². The molecule has 0 amide bonds. The van der Waals surface area contributed by atoms with E-state index in [9.17, 15) is 20.4 Å². The van der Waals surface area contributed by atoms with Crippen molar-refractivity contribution in [2.24, 2.45) is 20.0 Å². The minimum absolute atomic E-state index is 0.0180. The maximum absolute atomic E-state index is 11.6. The first-order chi connectivity index (χ1) is 45.2. The second-order valence-electron chi connectivity index (χ2n) is 23.2. The Kier molecular flexibility index (Phi) is 31.8. The van der Waals surface area contributed by atoms with Gasteiger partial charge in [-0.2, -0.15) is 0 Å². The second-order valence-corrected chi connectivity index (χ2v) is 23.2. The van der Waals surface area contributed by atoms with Crippen LogP contribution in [0.5, 0.6) is 69.0 Å². The molecule has 496 valence electrons. The number of aromatic hydroxyl groups is 4. The number of phenols is 4. The molecular formula is C76H100N4O12. The smallest absolute Gasteiger partial charge is 0.166 e. The van der Waals surface area contributed by atoms with Gasteiger partial charge in [-0.3, -0.25) is 20.0 Å². The summed E-state index contributed by atoms with van der Waals surface area (Å²) in [6.45, 7) is 10.9. The maximum Gasteiger partial charge on any atom is 0.166 e. The first-order valence-corrected chi connectivity index (χ1v) is 34.0. The number of unbranched alkanes of at least 4 members (excludes halogenated alkanes) is 20. The summed E-state index contributed by atoms with van der Waals surface area (Å²) in [6, 6.07) is 27.8. The first-order valence-electron chi connectivity index (χ1n) is 34.0. The summed E-state index contributed by atoms with van der Waals surface area (Å²) >= 11 is 0. The lowest BCUT2D eigenvalue weighted by Crippen LogP contribution is -2.09.